The van der Waals surface area contributed by atoms with Crippen LogP contribution < -0.4 is 0 Å². The summed E-state index contributed by atoms with van der Waals surface area (Å²) in [7, 11) is 0. The fourth-order valence-electron chi connectivity index (χ4n) is 1.95. The van der Waals surface area contributed by atoms with Crippen LogP contribution in [0.1, 0.15) is 78.1 Å². The normalized spacial score (nSPS) is 10.9. The third-order valence-corrected chi connectivity index (χ3v) is 3.05. The average Bonchev–Trinajstić information content (AvgIpc) is 2.27. The Hall–Kier alpha value is -0.330. The Morgan fingerprint density at radius 1 is 0.800 bits per heavy atom. The first-order valence-corrected chi connectivity index (χ1v) is 6.80. The molecule has 0 rings (SSSR count). The van der Waals surface area contributed by atoms with Crippen LogP contribution in [0.5, 0.6) is 0 Å². The molecule has 0 amide bonds. The van der Waals surface area contributed by atoms with E-state index in [-0.39, 0.29) is 0 Å². The number of carbonyl (C=O) groups excluding carboxylic acids is 1. The van der Waals surface area contributed by atoms with Crippen molar-refractivity contribution in [2.75, 3.05) is 0 Å². The Morgan fingerprint density at radius 3 is 1.60 bits per heavy atom. The van der Waals surface area contributed by atoms with Crippen molar-refractivity contribution >= 4 is 6.29 Å². The molecule has 0 aromatic carbocycles. The molecule has 0 unspecified atom stereocenters. The Morgan fingerprint density at radius 2 is 1.27 bits per heavy atom. The minimum atomic E-state index is 0.346. The minimum Gasteiger partial charge on any atom is -0.303 e. The molecule has 0 bridgehead atoms. The predicted molar refractivity (Wildman–Crippen MR) is 67.1 cm³/mol. The molecule has 0 aromatic heterocycles. The molecule has 0 N–H and O–H groups in total. The smallest absolute Gasteiger partial charge is 0.123 e. The number of hydrogen-bond donors (Lipinski definition) is 0. The molecule has 0 atom stereocenters. The molecular weight excluding hydrogens is 184 g/mol. The van der Waals surface area contributed by atoms with Gasteiger partial charge in [-0.1, -0.05) is 65.2 Å². The largest absolute Gasteiger partial charge is 0.303 e. The molecule has 0 aliphatic heterocycles. The molecule has 0 heterocycles. The number of rotatable bonds is 11. The fourth-order valence-corrected chi connectivity index (χ4v) is 1.95. The van der Waals surface area contributed by atoms with E-state index in [0.29, 0.717) is 5.92 Å². The maximum Gasteiger partial charge on any atom is 0.123 e. The van der Waals surface area contributed by atoms with Gasteiger partial charge in [-0.05, 0) is 12.8 Å². The van der Waals surface area contributed by atoms with Crippen molar-refractivity contribution in [3.05, 3.63) is 0 Å². The van der Waals surface area contributed by atoms with E-state index in [1.165, 1.54) is 57.7 Å². The SMILES string of the molecule is CCCCCCC(C=O)CCCCCC. The van der Waals surface area contributed by atoms with Gasteiger partial charge in [0.1, 0.15) is 6.29 Å². The van der Waals surface area contributed by atoms with Gasteiger partial charge in [0, 0.05) is 5.92 Å². The maximum atomic E-state index is 10.8. The monoisotopic (exact) mass is 212 g/mol. The van der Waals surface area contributed by atoms with Gasteiger partial charge in [0.15, 0.2) is 0 Å². The van der Waals surface area contributed by atoms with E-state index in [4.69, 9.17) is 0 Å². The van der Waals surface area contributed by atoms with Gasteiger partial charge in [-0.15, -0.1) is 0 Å². The molecule has 0 aliphatic rings. The lowest BCUT2D eigenvalue weighted by Gasteiger charge is -2.09. The third kappa shape index (κ3) is 9.96. The summed E-state index contributed by atoms with van der Waals surface area (Å²) in [5, 5.41) is 0. The van der Waals surface area contributed by atoms with Crippen molar-refractivity contribution in [2.24, 2.45) is 5.92 Å². The summed E-state index contributed by atoms with van der Waals surface area (Å²) in [6, 6.07) is 0. The fraction of sp³-hybridized carbons (Fsp3) is 0.929. The van der Waals surface area contributed by atoms with Crippen molar-refractivity contribution in [1.82, 2.24) is 0 Å². The maximum absolute atomic E-state index is 10.8. The van der Waals surface area contributed by atoms with Gasteiger partial charge in [0.25, 0.3) is 0 Å². The molecule has 0 radical (unpaired) electrons. The molecule has 1 nitrogen and oxygen atoms in total. The first kappa shape index (κ1) is 14.7. The van der Waals surface area contributed by atoms with E-state index in [1.54, 1.807) is 0 Å². The van der Waals surface area contributed by atoms with E-state index in [2.05, 4.69) is 13.8 Å². The first-order chi connectivity index (χ1) is 7.35. The summed E-state index contributed by atoms with van der Waals surface area (Å²) in [6.45, 7) is 4.45. The van der Waals surface area contributed by atoms with Gasteiger partial charge in [0.2, 0.25) is 0 Å². The zero-order valence-corrected chi connectivity index (χ0v) is 10.6. The van der Waals surface area contributed by atoms with Gasteiger partial charge in [0.05, 0.1) is 0 Å². The summed E-state index contributed by atoms with van der Waals surface area (Å²) in [6.07, 6.45) is 13.7. The number of carbonyl (C=O) groups is 1. The van der Waals surface area contributed by atoms with Crippen LogP contribution in [0, 0.1) is 5.92 Å². The summed E-state index contributed by atoms with van der Waals surface area (Å²) in [5.41, 5.74) is 0. The number of unbranched alkanes of at least 4 members (excludes halogenated alkanes) is 6. The van der Waals surface area contributed by atoms with E-state index in [0.717, 1.165) is 12.8 Å². The summed E-state index contributed by atoms with van der Waals surface area (Å²) in [4.78, 5) is 10.8. The van der Waals surface area contributed by atoms with E-state index < -0.39 is 0 Å². The second-order valence-corrected chi connectivity index (χ2v) is 4.59. The third-order valence-electron chi connectivity index (χ3n) is 3.05. The van der Waals surface area contributed by atoms with Crippen molar-refractivity contribution < 1.29 is 4.79 Å². The predicted octanol–water partition coefficient (Wildman–Crippen LogP) is 4.74. The molecule has 0 saturated carbocycles. The number of aldehydes is 1. The summed E-state index contributed by atoms with van der Waals surface area (Å²) < 4.78 is 0. The lowest BCUT2D eigenvalue weighted by molar-refractivity contribution is -0.111. The highest BCUT2D eigenvalue weighted by Crippen LogP contribution is 2.16. The molecule has 15 heavy (non-hydrogen) atoms. The lowest BCUT2D eigenvalue weighted by Crippen LogP contribution is -2.02. The Labute approximate surface area is 95.6 Å². The molecule has 0 spiro atoms. The minimum absolute atomic E-state index is 0.346. The highest BCUT2D eigenvalue weighted by molar-refractivity contribution is 5.53. The van der Waals surface area contributed by atoms with Crippen LogP contribution in [-0.2, 0) is 4.79 Å². The van der Waals surface area contributed by atoms with Crippen LogP contribution in [0.25, 0.3) is 0 Å². The van der Waals surface area contributed by atoms with Crippen molar-refractivity contribution in [3.63, 3.8) is 0 Å². The molecule has 0 aliphatic carbocycles. The van der Waals surface area contributed by atoms with Gasteiger partial charge < -0.3 is 4.79 Å². The van der Waals surface area contributed by atoms with Gasteiger partial charge in [-0.25, -0.2) is 0 Å². The lowest BCUT2D eigenvalue weighted by atomic mass is 9.96. The molecule has 90 valence electrons. The van der Waals surface area contributed by atoms with Crippen LogP contribution in [-0.4, -0.2) is 6.29 Å². The van der Waals surface area contributed by atoms with E-state index in [1.807, 2.05) is 0 Å². The standard InChI is InChI=1S/C14H28O/c1-3-5-7-9-11-14(13-15)12-10-8-6-4-2/h13-14H,3-12H2,1-2H3. The average molecular weight is 212 g/mol. The molecule has 0 aromatic rings. The molecular formula is C14H28O. The highest BCUT2D eigenvalue weighted by atomic mass is 16.1. The van der Waals surface area contributed by atoms with Gasteiger partial charge in [-0.3, -0.25) is 0 Å². The van der Waals surface area contributed by atoms with Crippen molar-refractivity contribution in [2.45, 2.75) is 78.1 Å². The van der Waals surface area contributed by atoms with E-state index >= 15 is 0 Å². The van der Waals surface area contributed by atoms with Crippen LogP contribution in [0.2, 0.25) is 0 Å². The first-order valence-electron chi connectivity index (χ1n) is 6.80. The molecule has 0 saturated heterocycles. The number of hydrogen-bond acceptors (Lipinski definition) is 1. The van der Waals surface area contributed by atoms with Crippen molar-refractivity contribution in [1.29, 1.82) is 0 Å². The van der Waals surface area contributed by atoms with Crippen LogP contribution in [0.4, 0.5) is 0 Å². The Bertz CT molecular complexity index is 119. The van der Waals surface area contributed by atoms with Crippen molar-refractivity contribution in [3.8, 4) is 0 Å². The topological polar surface area (TPSA) is 17.1 Å². The second-order valence-electron chi connectivity index (χ2n) is 4.59. The second kappa shape index (κ2) is 11.7. The van der Waals surface area contributed by atoms with Crippen LogP contribution in [0.15, 0.2) is 0 Å². The van der Waals surface area contributed by atoms with Crippen LogP contribution in [0.3, 0.4) is 0 Å². The molecule has 0 fully saturated rings. The van der Waals surface area contributed by atoms with Gasteiger partial charge >= 0.3 is 0 Å². The van der Waals surface area contributed by atoms with Crippen LogP contribution >= 0.6 is 0 Å². The zero-order chi connectivity index (χ0) is 11.4. The quantitative estimate of drug-likeness (QED) is 0.357. The van der Waals surface area contributed by atoms with Gasteiger partial charge in [-0.2, -0.15) is 0 Å². The highest BCUT2D eigenvalue weighted by Gasteiger charge is 2.06. The summed E-state index contributed by atoms with van der Waals surface area (Å²) >= 11 is 0. The zero-order valence-electron chi connectivity index (χ0n) is 10.6. The molecule has 1 heteroatoms. The summed E-state index contributed by atoms with van der Waals surface area (Å²) in [5.74, 6) is 0.346. The van der Waals surface area contributed by atoms with E-state index in [9.17, 15) is 4.79 Å². The Balaban J connectivity index is 3.34. The Kier molecular flexibility index (Phi) is 11.5.